The Bertz CT molecular complexity index is 1160. The number of nitrogens with zero attached hydrogens (tertiary/aromatic N) is 1. The summed E-state index contributed by atoms with van der Waals surface area (Å²) in [5.41, 5.74) is 1.83. The SMILES string of the molecule is O=C1N/C(=C/c2cc(Cl)c(OCc3ccc(F)cc3)c(Cl)c2)C(=O)N1c1ccccc1. The van der Waals surface area contributed by atoms with E-state index in [1.54, 1.807) is 54.6 Å². The van der Waals surface area contributed by atoms with Gasteiger partial charge in [0.05, 0.1) is 15.7 Å². The quantitative estimate of drug-likeness (QED) is 0.389. The molecule has 3 amide bonds. The molecule has 1 aliphatic rings. The summed E-state index contributed by atoms with van der Waals surface area (Å²) >= 11 is 12.6. The molecule has 0 aromatic heterocycles. The van der Waals surface area contributed by atoms with Crippen LogP contribution in [0, 0.1) is 5.82 Å². The molecule has 1 fully saturated rings. The second kappa shape index (κ2) is 8.79. The normalized spacial score (nSPS) is 14.8. The number of nitrogens with one attached hydrogen (secondary N) is 1. The number of hydrogen-bond acceptors (Lipinski definition) is 3. The van der Waals surface area contributed by atoms with E-state index < -0.39 is 11.9 Å². The molecule has 0 spiro atoms. The van der Waals surface area contributed by atoms with Gasteiger partial charge in [0.1, 0.15) is 18.1 Å². The molecule has 8 heteroatoms. The van der Waals surface area contributed by atoms with Crippen LogP contribution in [0.25, 0.3) is 6.08 Å². The highest BCUT2D eigenvalue weighted by Gasteiger charge is 2.34. The number of carbonyl (C=O) groups excluding carboxylic acids is 2. The molecule has 3 aromatic rings. The maximum absolute atomic E-state index is 13.0. The summed E-state index contributed by atoms with van der Waals surface area (Å²) in [7, 11) is 0. The van der Waals surface area contributed by atoms with Crippen LogP contribution in [0.15, 0.2) is 72.4 Å². The molecule has 0 saturated carbocycles. The molecule has 0 radical (unpaired) electrons. The maximum Gasteiger partial charge on any atom is 0.333 e. The number of anilines is 1. The van der Waals surface area contributed by atoms with Crippen molar-refractivity contribution in [1.82, 2.24) is 5.32 Å². The molecule has 156 valence electrons. The number of amides is 3. The van der Waals surface area contributed by atoms with Crippen molar-refractivity contribution in [2.75, 3.05) is 4.90 Å². The Labute approximate surface area is 187 Å². The van der Waals surface area contributed by atoms with E-state index in [0.717, 1.165) is 10.5 Å². The van der Waals surface area contributed by atoms with Crippen molar-refractivity contribution in [1.29, 1.82) is 0 Å². The number of benzene rings is 3. The monoisotopic (exact) mass is 456 g/mol. The van der Waals surface area contributed by atoms with Crippen molar-refractivity contribution in [2.45, 2.75) is 6.61 Å². The van der Waals surface area contributed by atoms with Crippen molar-refractivity contribution in [2.24, 2.45) is 0 Å². The third-order valence-electron chi connectivity index (χ3n) is 4.52. The molecular formula is C23H15Cl2FN2O3. The number of halogens is 3. The van der Waals surface area contributed by atoms with Gasteiger partial charge in [0, 0.05) is 0 Å². The fourth-order valence-electron chi connectivity index (χ4n) is 3.05. The van der Waals surface area contributed by atoms with Gasteiger partial charge in [0.2, 0.25) is 0 Å². The minimum atomic E-state index is -0.543. The number of rotatable bonds is 5. The van der Waals surface area contributed by atoms with Crippen molar-refractivity contribution in [3.05, 3.63) is 99.4 Å². The van der Waals surface area contributed by atoms with E-state index in [1.165, 1.54) is 18.2 Å². The molecular weight excluding hydrogens is 442 g/mol. The van der Waals surface area contributed by atoms with Crippen molar-refractivity contribution in [3.8, 4) is 5.75 Å². The van der Waals surface area contributed by atoms with Crippen LogP contribution >= 0.6 is 23.2 Å². The Morgan fingerprint density at radius 2 is 1.61 bits per heavy atom. The topological polar surface area (TPSA) is 58.6 Å². The Morgan fingerprint density at radius 1 is 0.968 bits per heavy atom. The average Bonchev–Trinajstić information content (AvgIpc) is 3.02. The van der Waals surface area contributed by atoms with E-state index in [0.29, 0.717) is 11.3 Å². The van der Waals surface area contributed by atoms with Crippen LogP contribution in [0.3, 0.4) is 0 Å². The van der Waals surface area contributed by atoms with Crippen molar-refractivity contribution in [3.63, 3.8) is 0 Å². The number of imide groups is 1. The minimum absolute atomic E-state index is 0.0981. The van der Waals surface area contributed by atoms with Crippen LogP contribution in [0.5, 0.6) is 5.75 Å². The zero-order valence-corrected chi connectivity index (χ0v) is 17.5. The number of carbonyl (C=O) groups is 2. The molecule has 31 heavy (non-hydrogen) atoms. The number of urea groups is 1. The highest BCUT2D eigenvalue weighted by Crippen LogP contribution is 2.35. The Kier molecular flexibility index (Phi) is 5.93. The first kappa shape index (κ1) is 20.9. The average molecular weight is 457 g/mol. The fraction of sp³-hybridized carbons (Fsp3) is 0.0435. The molecule has 0 unspecified atom stereocenters. The predicted molar refractivity (Wildman–Crippen MR) is 118 cm³/mol. The molecule has 0 bridgehead atoms. The van der Waals surface area contributed by atoms with Gasteiger partial charge in [-0.05, 0) is 53.6 Å². The molecule has 1 N–H and O–H groups in total. The second-order valence-corrected chi connectivity index (χ2v) is 7.51. The fourth-order valence-corrected chi connectivity index (χ4v) is 3.66. The van der Waals surface area contributed by atoms with Gasteiger partial charge < -0.3 is 10.1 Å². The first-order chi connectivity index (χ1) is 14.9. The Morgan fingerprint density at radius 3 is 2.26 bits per heavy atom. The summed E-state index contributed by atoms with van der Waals surface area (Å²) in [6, 6.07) is 17.1. The lowest BCUT2D eigenvalue weighted by Crippen LogP contribution is -2.30. The number of para-hydroxylation sites is 1. The van der Waals surface area contributed by atoms with E-state index in [4.69, 9.17) is 27.9 Å². The first-order valence-electron chi connectivity index (χ1n) is 9.21. The third-order valence-corrected chi connectivity index (χ3v) is 5.08. The lowest BCUT2D eigenvalue weighted by atomic mass is 10.1. The zero-order chi connectivity index (χ0) is 22.0. The Balaban J connectivity index is 1.54. The number of hydrogen-bond donors (Lipinski definition) is 1. The standard InChI is InChI=1S/C23H15Cl2FN2O3/c24-18-10-15(11-19(25)21(18)31-13-14-6-8-16(26)9-7-14)12-20-22(29)28(23(30)27-20)17-4-2-1-3-5-17/h1-12H,13H2,(H,27,30)/b20-12+. The van der Waals surface area contributed by atoms with Gasteiger partial charge in [0.25, 0.3) is 5.91 Å². The highest BCUT2D eigenvalue weighted by atomic mass is 35.5. The van der Waals surface area contributed by atoms with Crippen LogP contribution in [-0.4, -0.2) is 11.9 Å². The van der Waals surface area contributed by atoms with Crippen LogP contribution in [0.1, 0.15) is 11.1 Å². The van der Waals surface area contributed by atoms with Gasteiger partial charge in [-0.15, -0.1) is 0 Å². The van der Waals surface area contributed by atoms with Crippen LogP contribution < -0.4 is 15.0 Å². The maximum atomic E-state index is 13.0. The number of ether oxygens (including phenoxy) is 1. The molecule has 1 heterocycles. The van der Waals surface area contributed by atoms with Gasteiger partial charge in [-0.2, -0.15) is 0 Å². The van der Waals surface area contributed by atoms with Gasteiger partial charge in [-0.3, -0.25) is 4.79 Å². The van der Waals surface area contributed by atoms with Crippen molar-refractivity contribution < 1.29 is 18.7 Å². The van der Waals surface area contributed by atoms with Gasteiger partial charge >= 0.3 is 6.03 Å². The van der Waals surface area contributed by atoms with Crippen LogP contribution in [-0.2, 0) is 11.4 Å². The van der Waals surface area contributed by atoms with E-state index in [1.807, 2.05) is 0 Å². The predicted octanol–water partition coefficient (Wildman–Crippen LogP) is 5.81. The van der Waals surface area contributed by atoms with Crippen LogP contribution in [0.4, 0.5) is 14.9 Å². The van der Waals surface area contributed by atoms with E-state index in [9.17, 15) is 14.0 Å². The molecule has 1 saturated heterocycles. The third kappa shape index (κ3) is 4.55. The largest absolute Gasteiger partial charge is 0.486 e. The summed E-state index contributed by atoms with van der Waals surface area (Å²) in [6.07, 6.45) is 1.49. The zero-order valence-electron chi connectivity index (χ0n) is 15.9. The minimum Gasteiger partial charge on any atom is -0.486 e. The summed E-state index contributed by atoms with van der Waals surface area (Å²) in [5.74, 6) is -0.556. The lowest BCUT2D eigenvalue weighted by molar-refractivity contribution is -0.113. The molecule has 5 nitrogen and oxygen atoms in total. The summed E-state index contributed by atoms with van der Waals surface area (Å²) < 4.78 is 18.7. The van der Waals surface area contributed by atoms with E-state index in [-0.39, 0.29) is 33.9 Å². The summed E-state index contributed by atoms with van der Waals surface area (Å²) in [4.78, 5) is 26.0. The molecule has 0 atom stereocenters. The first-order valence-corrected chi connectivity index (χ1v) is 9.96. The van der Waals surface area contributed by atoms with E-state index in [2.05, 4.69) is 5.32 Å². The molecule has 4 rings (SSSR count). The van der Waals surface area contributed by atoms with Crippen molar-refractivity contribution >= 4 is 46.9 Å². The van der Waals surface area contributed by atoms with Gasteiger partial charge in [0.15, 0.2) is 5.75 Å². The summed E-state index contributed by atoms with van der Waals surface area (Å²) in [6.45, 7) is 0.154. The van der Waals surface area contributed by atoms with Gasteiger partial charge in [-0.25, -0.2) is 14.1 Å². The highest BCUT2D eigenvalue weighted by molar-refractivity contribution is 6.37. The van der Waals surface area contributed by atoms with E-state index >= 15 is 0 Å². The lowest BCUT2D eigenvalue weighted by Gasteiger charge is -2.11. The molecule has 1 aliphatic heterocycles. The second-order valence-electron chi connectivity index (χ2n) is 6.69. The Hall–Kier alpha value is -3.35. The van der Waals surface area contributed by atoms with Crippen LogP contribution in [0.2, 0.25) is 10.0 Å². The van der Waals surface area contributed by atoms with Gasteiger partial charge in [-0.1, -0.05) is 53.5 Å². The smallest absolute Gasteiger partial charge is 0.333 e. The molecule has 0 aliphatic carbocycles. The molecule has 3 aromatic carbocycles. The summed E-state index contributed by atoms with van der Waals surface area (Å²) in [5, 5.41) is 3.02.